The Morgan fingerprint density at radius 2 is 1.80 bits per heavy atom. The maximum Gasteiger partial charge on any atom is 0.374 e. The second kappa shape index (κ2) is 2.45. The monoisotopic (exact) mass is 147 g/mol. The number of nitrogens with two attached hydrogens (primary N) is 1. The van der Waals surface area contributed by atoms with E-state index in [1.54, 1.807) is 0 Å². The van der Waals surface area contributed by atoms with E-state index in [9.17, 15) is 4.79 Å². The van der Waals surface area contributed by atoms with E-state index in [-0.39, 0.29) is 5.48 Å². The van der Waals surface area contributed by atoms with Crippen molar-refractivity contribution in [1.82, 2.24) is 0 Å². The molecule has 0 fully saturated rings. The van der Waals surface area contributed by atoms with Gasteiger partial charge in [0.2, 0.25) is 0 Å². The minimum atomic E-state index is -1.97. The Morgan fingerprint density at radius 3 is 2.00 bits per heavy atom. The van der Waals surface area contributed by atoms with Gasteiger partial charge in [0, 0.05) is 0 Å². The molecular weight excluding hydrogens is 142 g/mol. The largest absolute Gasteiger partial charge is 0.477 e. The van der Waals surface area contributed by atoms with Crippen molar-refractivity contribution in [2.45, 2.75) is 5.79 Å². The zero-order chi connectivity index (χ0) is 6.91. The number of rotatable bonds is 1. The van der Waals surface area contributed by atoms with Crippen LogP contribution in [0.5, 0.6) is 0 Å². The maximum absolute atomic E-state index is 10.1. The highest BCUT2D eigenvalue weighted by Crippen LogP contribution is 2.12. The molecule has 1 rings (SSSR count). The van der Waals surface area contributed by atoms with Gasteiger partial charge in [0.05, 0.1) is 0 Å². The van der Waals surface area contributed by atoms with E-state index >= 15 is 0 Å². The van der Waals surface area contributed by atoms with Gasteiger partial charge in [0.1, 0.15) is 0 Å². The van der Waals surface area contributed by atoms with Gasteiger partial charge in [-0.15, -0.1) is 10.2 Å². The Balaban J connectivity index is 0.000000810. The van der Waals surface area contributed by atoms with Gasteiger partial charge in [-0.2, -0.15) is 0 Å². The van der Waals surface area contributed by atoms with Gasteiger partial charge in [0.25, 0.3) is 0 Å². The summed E-state index contributed by atoms with van der Waals surface area (Å²) in [5, 5.41) is 20.2. The van der Waals surface area contributed by atoms with Gasteiger partial charge in [0.15, 0.2) is 0 Å². The Kier molecular flexibility index (Phi) is 2.11. The molecule has 0 bridgehead atoms. The molecule has 0 aromatic heterocycles. The first-order chi connectivity index (χ1) is 4.15. The average molecular weight is 147 g/mol. The first kappa shape index (κ1) is 8.59. The third-order valence-electron chi connectivity index (χ3n) is 0.749. The molecule has 0 radical (unpaired) electrons. The van der Waals surface area contributed by atoms with E-state index in [4.69, 9.17) is 10.8 Å². The van der Waals surface area contributed by atoms with Crippen LogP contribution in [-0.4, -0.2) is 22.3 Å². The number of nitrogens with zero attached hydrogens (tertiary/aromatic N) is 4. The summed E-state index contributed by atoms with van der Waals surface area (Å²) in [4.78, 5) is 10.1. The number of carbonyl (C=O) groups is 1. The van der Waals surface area contributed by atoms with Crippen LogP contribution in [-0.2, 0) is 4.79 Å². The van der Waals surface area contributed by atoms with E-state index < -0.39 is 11.8 Å². The Bertz CT molecular complexity index is 185. The SMILES string of the molecule is NC1(C(=O)O)N=NN=N1.O. The quantitative estimate of drug-likeness (QED) is 0.474. The van der Waals surface area contributed by atoms with Crippen LogP contribution in [0.15, 0.2) is 20.7 Å². The Labute approximate surface area is 54.7 Å². The molecule has 1 aliphatic heterocycles. The number of carboxylic acids is 1. The van der Waals surface area contributed by atoms with Crippen molar-refractivity contribution in [1.29, 1.82) is 0 Å². The molecule has 0 aromatic carbocycles. The molecule has 1 heterocycles. The molecule has 10 heavy (non-hydrogen) atoms. The average Bonchev–Trinajstić information content (AvgIpc) is 2.16. The maximum atomic E-state index is 10.1. The molecule has 0 spiro atoms. The molecule has 56 valence electrons. The third-order valence-corrected chi connectivity index (χ3v) is 0.749. The van der Waals surface area contributed by atoms with Crippen molar-refractivity contribution in [2.75, 3.05) is 0 Å². The predicted molar refractivity (Wildman–Crippen MR) is 27.9 cm³/mol. The van der Waals surface area contributed by atoms with Crippen molar-refractivity contribution in [3.05, 3.63) is 0 Å². The standard InChI is InChI=1S/C2H3N5O2.H2O/c3-2(1(8)9)4-6-7-5-2;/h3H2,(H,8,9);1H2. The minimum absolute atomic E-state index is 0. The fraction of sp³-hybridized carbons (Fsp3) is 0.500. The van der Waals surface area contributed by atoms with Crippen molar-refractivity contribution in [3.8, 4) is 0 Å². The second-order valence-electron chi connectivity index (χ2n) is 1.41. The molecule has 0 aromatic rings. The highest BCUT2D eigenvalue weighted by atomic mass is 16.4. The second-order valence-corrected chi connectivity index (χ2v) is 1.41. The van der Waals surface area contributed by atoms with Crippen molar-refractivity contribution < 1.29 is 15.4 Å². The van der Waals surface area contributed by atoms with E-state index in [2.05, 4.69) is 20.7 Å². The van der Waals surface area contributed by atoms with Crippen LogP contribution in [0.1, 0.15) is 0 Å². The van der Waals surface area contributed by atoms with Crippen LogP contribution < -0.4 is 5.73 Å². The molecule has 0 aliphatic carbocycles. The molecule has 1 aliphatic rings. The molecule has 5 N–H and O–H groups in total. The first-order valence-electron chi connectivity index (χ1n) is 2.01. The van der Waals surface area contributed by atoms with Gasteiger partial charge in [-0.05, 0) is 10.4 Å². The lowest BCUT2D eigenvalue weighted by Crippen LogP contribution is -2.42. The summed E-state index contributed by atoms with van der Waals surface area (Å²) in [7, 11) is 0. The van der Waals surface area contributed by atoms with E-state index in [0.717, 1.165) is 0 Å². The summed E-state index contributed by atoms with van der Waals surface area (Å²) >= 11 is 0. The van der Waals surface area contributed by atoms with Crippen LogP contribution in [0.2, 0.25) is 0 Å². The number of hydrogen-bond donors (Lipinski definition) is 2. The van der Waals surface area contributed by atoms with Crippen LogP contribution in [0.3, 0.4) is 0 Å². The first-order valence-corrected chi connectivity index (χ1v) is 2.01. The topological polar surface area (TPSA) is 144 Å². The smallest absolute Gasteiger partial charge is 0.374 e. The van der Waals surface area contributed by atoms with E-state index in [1.165, 1.54) is 0 Å². The number of carboxylic acid groups (broad SMARTS) is 1. The van der Waals surface area contributed by atoms with Gasteiger partial charge < -0.3 is 10.6 Å². The minimum Gasteiger partial charge on any atom is -0.477 e. The number of aliphatic carboxylic acids is 1. The molecular formula is C2H5N5O3. The fourth-order valence-corrected chi connectivity index (χ4v) is 0.282. The van der Waals surface area contributed by atoms with Crippen LogP contribution in [0.25, 0.3) is 0 Å². The molecule has 0 unspecified atom stereocenters. The fourth-order valence-electron chi connectivity index (χ4n) is 0.282. The predicted octanol–water partition coefficient (Wildman–Crippen LogP) is -1.31. The van der Waals surface area contributed by atoms with E-state index in [0.29, 0.717) is 0 Å². The lowest BCUT2D eigenvalue weighted by atomic mass is 10.4. The van der Waals surface area contributed by atoms with Crippen molar-refractivity contribution >= 4 is 5.97 Å². The summed E-state index contributed by atoms with van der Waals surface area (Å²) in [6.07, 6.45) is 0. The molecule has 8 heteroatoms. The molecule has 0 atom stereocenters. The van der Waals surface area contributed by atoms with Crippen LogP contribution in [0.4, 0.5) is 0 Å². The zero-order valence-electron chi connectivity index (χ0n) is 4.72. The highest BCUT2D eigenvalue weighted by Gasteiger charge is 2.37. The zero-order valence-corrected chi connectivity index (χ0v) is 4.72. The van der Waals surface area contributed by atoms with Gasteiger partial charge in [-0.25, -0.2) is 4.79 Å². The van der Waals surface area contributed by atoms with Crippen molar-refractivity contribution in [2.24, 2.45) is 26.4 Å². The molecule has 0 amide bonds. The lowest BCUT2D eigenvalue weighted by molar-refractivity contribution is -0.142. The number of hydrogen-bond acceptors (Lipinski definition) is 6. The lowest BCUT2D eigenvalue weighted by Gasteiger charge is -2.03. The summed E-state index contributed by atoms with van der Waals surface area (Å²) in [5.41, 5.74) is 4.98. The van der Waals surface area contributed by atoms with Gasteiger partial charge in [-0.3, -0.25) is 5.73 Å². The highest BCUT2D eigenvalue weighted by molar-refractivity contribution is 5.77. The van der Waals surface area contributed by atoms with Crippen molar-refractivity contribution in [3.63, 3.8) is 0 Å². The normalized spacial score (nSPS) is 18.5. The van der Waals surface area contributed by atoms with E-state index in [1.807, 2.05) is 0 Å². The molecule has 8 nitrogen and oxygen atoms in total. The molecule has 0 saturated carbocycles. The van der Waals surface area contributed by atoms with Crippen LogP contribution >= 0.6 is 0 Å². The summed E-state index contributed by atoms with van der Waals surface area (Å²) in [5.74, 6) is -3.34. The summed E-state index contributed by atoms with van der Waals surface area (Å²) in [6.45, 7) is 0. The van der Waals surface area contributed by atoms with Gasteiger partial charge >= 0.3 is 11.8 Å². The summed E-state index contributed by atoms with van der Waals surface area (Å²) < 4.78 is 0. The third kappa shape index (κ3) is 1.11. The molecule has 0 saturated heterocycles. The van der Waals surface area contributed by atoms with Gasteiger partial charge in [-0.1, -0.05) is 0 Å². The summed E-state index contributed by atoms with van der Waals surface area (Å²) in [6, 6.07) is 0. The Morgan fingerprint density at radius 1 is 1.40 bits per heavy atom. The van der Waals surface area contributed by atoms with Crippen LogP contribution in [0, 0.1) is 0 Å². The Hall–Kier alpha value is -1.41.